The fraction of sp³-hybridized carbons (Fsp3) is 0.238. The largest absolute Gasteiger partial charge is 0.497 e. The van der Waals surface area contributed by atoms with Gasteiger partial charge in [-0.15, -0.1) is 11.3 Å². The lowest BCUT2D eigenvalue weighted by Gasteiger charge is -2.13. The van der Waals surface area contributed by atoms with Crippen molar-refractivity contribution >= 4 is 28.3 Å². The van der Waals surface area contributed by atoms with Gasteiger partial charge in [0.25, 0.3) is 5.91 Å². The van der Waals surface area contributed by atoms with Gasteiger partial charge < -0.3 is 19.3 Å². The Labute approximate surface area is 182 Å². The van der Waals surface area contributed by atoms with Crippen molar-refractivity contribution < 1.29 is 28.9 Å². The lowest BCUT2D eigenvalue weighted by Crippen LogP contribution is -2.14. The van der Waals surface area contributed by atoms with Crippen LogP contribution in [0.3, 0.4) is 0 Å². The number of thiazole rings is 1. The van der Waals surface area contributed by atoms with Crippen LogP contribution in [0, 0.1) is 0 Å². The summed E-state index contributed by atoms with van der Waals surface area (Å²) in [5.74, 6) is 0.165. The number of rotatable bonds is 9. The molecule has 3 rings (SSSR count). The summed E-state index contributed by atoms with van der Waals surface area (Å²) in [5.41, 5.74) is 0.624. The summed E-state index contributed by atoms with van der Waals surface area (Å²) < 4.78 is 16.6. The Bertz CT molecular complexity index is 1070. The number of nitrogens with zero attached hydrogens (tertiary/aromatic N) is 2. The number of anilines is 1. The summed E-state index contributed by atoms with van der Waals surface area (Å²) in [5, 5.41) is 13.4. The quantitative estimate of drug-likeness (QED) is 0.509. The fourth-order valence-electron chi connectivity index (χ4n) is 2.50. The van der Waals surface area contributed by atoms with E-state index in [1.54, 1.807) is 36.8 Å². The van der Waals surface area contributed by atoms with E-state index in [1.807, 2.05) is 13.8 Å². The number of carboxylic acid groups (broad SMARTS) is 1. The van der Waals surface area contributed by atoms with Gasteiger partial charge in [-0.2, -0.15) is 4.98 Å². The van der Waals surface area contributed by atoms with Crippen LogP contribution in [0.15, 0.2) is 41.8 Å². The normalized spacial score (nSPS) is 10.6. The molecule has 0 unspecified atom stereocenters. The van der Waals surface area contributed by atoms with Crippen LogP contribution in [0.25, 0.3) is 0 Å². The molecule has 31 heavy (non-hydrogen) atoms. The van der Waals surface area contributed by atoms with Gasteiger partial charge >= 0.3 is 5.97 Å². The second-order valence-corrected chi connectivity index (χ2v) is 7.50. The van der Waals surface area contributed by atoms with Gasteiger partial charge in [-0.3, -0.25) is 14.9 Å². The molecule has 162 valence electrons. The molecule has 0 aliphatic carbocycles. The third-order valence-corrected chi connectivity index (χ3v) is 4.59. The van der Waals surface area contributed by atoms with Crippen LogP contribution in [0.2, 0.25) is 0 Å². The van der Waals surface area contributed by atoms with E-state index in [-0.39, 0.29) is 29.8 Å². The minimum atomic E-state index is -0.992. The van der Waals surface area contributed by atoms with E-state index in [0.29, 0.717) is 22.3 Å². The van der Waals surface area contributed by atoms with Gasteiger partial charge in [0, 0.05) is 17.5 Å². The van der Waals surface area contributed by atoms with E-state index < -0.39 is 11.9 Å². The number of aliphatic carboxylic acids is 1. The van der Waals surface area contributed by atoms with Crippen molar-refractivity contribution in [3.8, 4) is 23.3 Å². The first kappa shape index (κ1) is 22.0. The number of amides is 1. The van der Waals surface area contributed by atoms with Crippen LogP contribution in [0.5, 0.6) is 23.3 Å². The van der Waals surface area contributed by atoms with Crippen molar-refractivity contribution in [2.24, 2.45) is 0 Å². The van der Waals surface area contributed by atoms with Crippen LogP contribution in [0.4, 0.5) is 5.13 Å². The molecule has 2 N–H and O–H groups in total. The summed E-state index contributed by atoms with van der Waals surface area (Å²) >= 11 is 1.14. The Balaban J connectivity index is 1.81. The monoisotopic (exact) mass is 443 g/mol. The number of benzene rings is 1. The van der Waals surface area contributed by atoms with Crippen LogP contribution in [-0.4, -0.2) is 40.2 Å². The number of carboxylic acids is 1. The Morgan fingerprint density at radius 3 is 2.42 bits per heavy atom. The number of methoxy groups -OCH3 is 1. The zero-order chi connectivity index (χ0) is 22.4. The minimum absolute atomic E-state index is 0.155. The SMILES string of the molecule is COc1ccc(Oc2cc(C(=O)Nc3nc(CC(=O)O)cs3)cc(OC(C)C)n2)cc1. The van der Waals surface area contributed by atoms with Crippen molar-refractivity contribution in [3.63, 3.8) is 0 Å². The van der Waals surface area contributed by atoms with Crippen LogP contribution < -0.4 is 19.5 Å². The van der Waals surface area contributed by atoms with Crippen molar-refractivity contribution in [2.45, 2.75) is 26.4 Å². The molecule has 0 aliphatic rings. The van der Waals surface area contributed by atoms with E-state index in [0.717, 1.165) is 11.3 Å². The van der Waals surface area contributed by atoms with Crippen LogP contribution in [-0.2, 0) is 11.2 Å². The molecule has 1 amide bonds. The molecule has 0 radical (unpaired) electrons. The summed E-state index contributed by atoms with van der Waals surface area (Å²) in [6, 6.07) is 9.91. The highest BCUT2D eigenvalue weighted by atomic mass is 32.1. The maximum Gasteiger partial charge on any atom is 0.309 e. The first-order valence-electron chi connectivity index (χ1n) is 9.30. The highest BCUT2D eigenvalue weighted by Crippen LogP contribution is 2.27. The van der Waals surface area contributed by atoms with E-state index in [1.165, 1.54) is 12.1 Å². The molecule has 0 saturated heterocycles. The first-order chi connectivity index (χ1) is 14.8. The Kier molecular flexibility index (Phi) is 7.03. The number of pyridine rings is 1. The third-order valence-electron chi connectivity index (χ3n) is 3.78. The van der Waals surface area contributed by atoms with Crippen molar-refractivity contribution in [1.29, 1.82) is 0 Å². The van der Waals surface area contributed by atoms with Gasteiger partial charge in [-0.05, 0) is 38.1 Å². The molecule has 0 bridgehead atoms. The van der Waals surface area contributed by atoms with Gasteiger partial charge in [0.1, 0.15) is 11.5 Å². The molecule has 3 aromatic rings. The highest BCUT2D eigenvalue weighted by Gasteiger charge is 2.15. The minimum Gasteiger partial charge on any atom is -0.497 e. The zero-order valence-electron chi connectivity index (χ0n) is 17.1. The van der Waals surface area contributed by atoms with E-state index >= 15 is 0 Å². The number of carbonyl (C=O) groups excluding carboxylic acids is 1. The molecule has 9 nitrogen and oxygen atoms in total. The molecule has 2 heterocycles. The lowest BCUT2D eigenvalue weighted by atomic mass is 10.2. The molecule has 1 aromatic carbocycles. The maximum atomic E-state index is 12.8. The molecule has 10 heteroatoms. The molecular formula is C21H21N3O6S. The van der Waals surface area contributed by atoms with E-state index in [9.17, 15) is 9.59 Å². The predicted octanol–water partition coefficient (Wildman–Crippen LogP) is 4.01. The van der Waals surface area contributed by atoms with Gasteiger partial charge in [-0.25, -0.2) is 4.98 Å². The summed E-state index contributed by atoms with van der Waals surface area (Å²) in [7, 11) is 1.57. The first-order valence-corrected chi connectivity index (χ1v) is 10.2. The maximum absolute atomic E-state index is 12.8. The molecule has 0 spiro atoms. The number of aromatic nitrogens is 2. The second kappa shape index (κ2) is 9.90. The average Bonchev–Trinajstić information content (AvgIpc) is 3.13. The fourth-order valence-corrected chi connectivity index (χ4v) is 3.21. The lowest BCUT2D eigenvalue weighted by molar-refractivity contribution is -0.136. The molecule has 2 aromatic heterocycles. The third kappa shape index (κ3) is 6.41. The average molecular weight is 443 g/mol. The Morgan fingerprint density at radius 2 is 1.77 bits per heavy atom. The number of hydrogen-bond acceptors (Lipinski definition) is 8. The Hall–Kier alpha value is -3.66. The standard InChI is InChI=1S/C21H21N3O6S/c1-12(2)29-17-8-13(20(27)24-21-22-14(11-31-21)10-19(25)26)9-18(23-17)30-16-6-4-15(28-3)5-7-16/h4-9,11-12H,10H2,1-3H3,(H,25,26)(H,22,24,27). The van der Waals surface area contributed by atoms with Crippen molar-refractivity contribution in [2.75, 3.05) is 12.4 Å². The van der Waals surface area contributed by atoms with Crippen LogP contribution >= 0.6 is 11.3 Å². The second-order valence-electron chi connectivity index (χ2n) is 6.65. The molecule has 0 atom stereocenters. The molecule has 0 saturated carbocycles. The zero-order valence-corrected chi connectivity index (χ0v) is 17.9. The van der Waals surface area contributed by atoms with Gasteiger partial charge in [-0.1, -0.05) is 0 Å². The summed E-state index contributed by atoms with van der Waals surface area (Å²) in [6.07, 6.45) is -0.370. The molecule has 0 fully saturated rings. The van der Waals surface area contributed by atoms with E-state index in [4.69, 9.17) is 19.3 Å². The number of hydrogen-bond donors (Lipinski definition) is 2. The molecule has 0 aliphatic heterocycles. The highest BCUT2D eigenvalue weighted by molar-refractivity contribution is 7.14. The number of carbonyl (C=O) groups is 2. The predicted molar refractivity (Wildman–Crippen MR) is 114 cm³/mol. The van der Waals surface area contributed by atoms with Gasteiger partial charge in [0.2, 0.25) is 11.8 Å². The van der Waals surface area contributed by atoms with Crippen molar-refractivity contribution in [3.05, 3.63) is 53.0 Å². The number of ether oxygens (including phenoxy) is 3. The molecular weight excluding hydrogens is 422 g/mol. The van der Waals surface area contributed by atoms with Crippen LogP contribution in [0.1, 0.15) is 29.9 Å². The van der Waals surface area contributed by atoms with Gasteiger partial charge in [0.15, 0.2) is 5.13 Å². The smallest absolute Gasteiger partial charge is 0.309 e. The Morgan fingerprint density at radius 1 is 1.10 bits per heavy atom. The van der Waals surface area contributed by atoms with Crippen molar-refractivity contribution in [1.82, 2.24) is 9.97 Å². The number of nitrogens with one attached hydrogen (secondary N) is 1. The van der Waals surface area contributed by atoms with Gasteiger partial charge in [0.05, 0.1) is 30.9 Å². The topological polar surface area (TPSA) is 120 Å². The summed E-state index contributed by atoms with van der Waals surface area (Å²) in [4.78, 5) is 32.0. The summed E-state index contributed by atoms with van der Waals surface area (Å²) in [6.45, 7) is 3.69. The van der Waals surface area contributed by atoms with E-state index in [2.05, 4.69) is 15.3 Å².